The third-order valence-corrected chi connectivity index (χ3v) is 5.81. The highest BCUT2D eigenvalue weighted by Gasteiger charge is 2.49. The second-order valence-electron chi connectivity index (χ2n) is 7.16. The summed E-state index contributed by atoms with van der Waals surface area (Å²) in [6.07, 6.45) is 0.993. The van der Waals surface area contributed by atoms with E-state index >= 15 is 0 Å². The van der Waals surface area contributed by atoms with E-state index in [1.165, 1.54) is 0 Å². The number of nitrogens with one attached hydrogen (secondary N) is 2. The Balaban J connectivity index is 1.81. The van der Waals surface area contributed by atoms with Crippen molar-refractivity contribution in [2.75, 3.05) is 33.3 Å². The number of carbonyl (C=O) groups is 3. The van der Waals surface area contributed by atoms with Crippen LogP contribution >= 0.6 is 0 Å². The fourth-order valence-electron chi connectivity index (χ4n) is 4.00. The van der Waals surface area contributed by atoms with Gasteiger partial charge < -0.3 is 20.3 Å². The van der Waals surface area contributed by atoms with E-state index < -0.39 is 11.6 Å². The van der Waals surface area contributed by atoms with Gasteiger partial charge in [-0.05, 0) is 18.9 Å². The number of methoxy groups -OCH3 is 1. The van der Waals surface area contributed by atoms with Crippen molar-refractivity contribution in [3.8, 4) is 5.75 Å². The Hall–Kier alpha value is -2.61. The molecule has 1 unspecified atom stereocenters. The quantitative estimate of drug-likeness (QED) is 0.717. The molecule has 2 heterocycles. The second-order valence-corrected chi connectivity index (χ2v) is 7.16. The summed E-state index contributed by atoms with van der Waals surface area (Å²) in [5.74, 6) is 0.142. The van der Waals surface area contributed by atoms with Gasteiger partial charge in [0.2, 0.25) is 5.91 Å². The van der Waals surface area contributed by atoms with Crippen LogP contribution in [0.25, 0.3) is 0 Å². The van der Waals surface area contributed by atoms with Crippen molar-refractivity contribution >= 4 is 17.8 Å². The SMILES string of the molecule is CCC1(CC)NC(=O)N(CC(=O)N2CCNCC2c2ccccc2OC)C1=O. The summed E-state index contributed by atoms with van der Waals surface area (Å²) in [7, 11) is 1.60. The molecule has 4 amide bonds. The number of hydrogen-bond donors (Lipinski definition) is 2. The topological polar surface area (TPSA) is 91.0 Å². The Kier molecular flexibility index (Phi) is 5.88. The fraction of sp³-hybridized carbons (Fsp3) is 0.550. The van der Waals surface area contributed by atoms with Crippen molar-refractivity contribution < 1.29 is 19.1 Å². The molecule has 8 heteroatoms. The smallest absolute Gasteiger partial charge is 0.325 e. The minimum Gasteiger partial charge on any atom is -0.496 e. The number of piperazine rings is 1. The van der Waals surface area contributed by atoms with E-state index in [1.54, 1.807) is 12.0 Å². The number of carbonyl (C=O) groups excluding carboxylic acids is 3. The number of nitrogens with zero attached hydrogens (tertiary/aromatic N) is 2. The summed E-state index contributed by atoms with van der Waals surface area (Å²) in [4.78, 5) is 41.1. The zero-order valence-corrected chi connectivity index (χ0v) is 16.7. The molecule has 0 radical (unpaired) electrons. The van der Waals surface area contributed by atoms with Crippen LogP contribution in [0.1, 0.15) is 38.3 Å². The number of rotatable bonds is 6. The summed E-state index contributed by atoms with van der Waals surface area (Å²) in [5.41, 5.74) is 0.00212. The zero-order chi connectivity index (χ0) is 20.3. The molecule has 1 atom stereocenters. The van der Waals surface area contributed by atoms with Crippen molar-refractivity contribution in [1.82, 2.24) is 20.4 Å². The predicted octanol–water partition coefficient (Wildman–Crippen LogP) is 1.28. The van der Waals surface area contributed by atoms with Gasteiger partial charge in [-0.2, -0.15) is 0 Å². The lowest BCUT2D eigenvalue weighted by atomic mass is 9.93. The normalized spacial score (nSPS) is 21.6. The lowest BCUT2D eigenvalue weighted by molar-refractivity contribution is -0.141. The van der Waals surface area contributed by atoms with Gasteiger partial charge in [0.1, 0.15) is 17.8 Å². The lowest BCUT2D eigenvalue weighted by Crippen LogP contribution is -2.52. The van der Waals surface area contributed by atoms with Gasteiger partial charge >= 0.3 is 6.03 Å². The van der Waals surface area contributed by atoms with Gasteiger partial charge in [0, 0.05) is 25.2 Å². The summed E-state index contributed by atoms with van der Waals surface area (Å²) < 4.78 is 5.46. The maximum Gasteiger partial charge on any atom is 0.325 e. The molecule has 152 valence electrons. The molecule has 0 aliphatic carbocycles. The maximum atomic E-state index is 13.1. The number of urea groups is 1. The summed E-state index contributed by atoms with van der Waals surface area (Å²) in [5, 5.41) is 6.07. The van der Waals surface area contributed by atoms with Crippen molar-refractivity contribution in [1.29, 1.82) is 0 Å². The second kappa shape index (κ2) is 8.18. The molecule has 2 aliphatic rings. The van der Waals surface area contributed by atoms with Crippen molar-refractivity contribution in [3.05, 3.63) is 29.8 Å². The van der Waals surface area contributed by atoms with Crippen LogP contribution in [0.4, 0.5) is 4.79 Å². The predicted molar refractivity (Wildman–Crippen MR) is 104 cm³/mol. The Bertz CT molecular complexity index is 762. The maximum absolute atomic E-state index is 13.1. The number of imide groups is 1. The van der Waals surface area contributed by atoms with Gasteiger partial charge in [-0.1, -0.05) is 32.0 Å². The Morgan fingerprint density at radius 3 is 2.61 bits per heavy atom. The third kappa shape index (κ3) is 3.44. The molecular weight excluding hydrogens is 360 g/mol. The molecule has 2 saturated heterocycles. The van der Waals surface area contributed by atoms with Gasteiger partial charge in [0.15, 0.2) is 0 Å². The minimum atomic E-state index is -0.900. The monoisotopic (exact) mass is 388 g/mol. The van der Waals surface area contributed by atoms with E-state index in [-0.39, 0.29) is 24.4 Å². The highest BCUT2D eigenvalue weighted by Crippen LogP contribution is 2.31. The van der Waals surface area contributed by atoms with Crippen LogP contribution in [0, 0.1) is 0 Å². The van der Waals surface area contributed by atoms with Crippen LogP contribution in [0.2, 0.25) is 0 Å². The molecule has 1 aromatic rings. The highest BCUT2D eigenvalue weighted by atomic mass is 16.5. The third-order valence-electron chi connectivity index (χ3n) is 5.81. The van der Waals surface area contributed by atoms with E-state index in [2.05, 4.69) is 10.6 Å². The van der Waals surface area contributed by atoms with Gasteiger partial charge in [-0.25, -0.2) is 4.79 Å². The Morgan fingerprint density at radius 2 is 1.96 bits per heavy atom. The molecule has 2 aliphatic heterocycles. The van der Waals surface area contributed by atoms with Gasteiger partial charge in [0.05, 0.1) is 13.2 Å². The first kappa shape index (κ1) is 20.1. The zero-order valence-electron chi connectivity index (χ0n) is 16.7. The first-order valence-corrected chi connectivity index (χ1v) is 9.74. The van der Waals surface area contributed by atoms with Crippen molar-refractivity contribution in [2.45, 2.75) is 38.3 Å². The first-order chi connectivity index (χ1) is 13.5. The van der Waals surface area contributed by atoms with Crippen molar-refractivity contribution in [3.63, 3.8) is 0 Å². The minimum absolute atomic E-state index is 0.222. The van der Waals surface area contributed by atoms with Crippen LogP contribution < -0.4 is 15.4 Å². The molecule has 0 bridgehead atoms. The van der Waals surface area contributed by atoms with E-state index in [0.29, 0.717) is 38.2 Å². The number of hydrogen-bond acceptors (Lipinski definition) is 5. The number of amides is 4. The molecule has 3 rings (SSSR count). The molecule has 0 saturated carbocycles. The molecule has 28 heavy (non-hydrogen) atoms. The van der Waals surface area contributed by atoms with E-state index in [0.717, 1.165) is 10.5 Å². The van der Waals surface area contributed by atoms with Gasteiger partial charge in [-0.15, -0.1) is 0 Å². The van der Waals surface area contributed by atoms with E-state index in [1.807, 2.05) is 38.1 Å². The first-order valence-electron chi connectivity index (χ1n) is 9.74. The average Bonchev–Trinajstić information content (AvgIpc) is 2.98. The van der Waals surface area contributed by atoms with Crippen LogP contribution in [-0.4, -0.2) is 66.5 Å². The lowest BCUT2D eigenvalue weighted by Gasteiger charge is -2.37. The molecule has 8 nitrogen and oxygen atoms in total. The van der Waals surface area contributed by atoms with Crippen LogP contribution in [-0.2, 0) is 9.59 Å². The molecule has 2 fully saturated rings. The molecule has 2 N–H and O–H groups in total. The van der Waals surface area contributed by atoms with E-state index in [9.17, 15) is 14.4 Å². The van der Waals surface area contributed by atoms with Gasteiger partial charge in [-0.3, -0.25) is 14.5 Å². The Labute approximate surface area is 165 Å². The molecule has 0 aromatic heterocycles. The van der Waals surface area contributed by atoms with Crippen LogP contribution in [0.15, 0.2) is 24.3 Å². The molecule has 0 spiro atoms. The summed E-state index contributed by atoms with van der Waals surface area (Å²) in [6, 6.07) is 6.87. The number of para-hydroxylation sites is 1. The van der Waals surface area contributed by atoms with Crippen LogP contribution in [0.5, 0.6) is 5.75 Å². The molecule has 1 aromatic carbocycles. The number of ether oxygens (including phenoxy) is 1. The molecular formula is C20H28N4O4. The highest BCUT2D eigenvalue weighted by molar-refractivity contribution is 6.09. The fourth-order valence-corrected chi connectivity index (χ4v) is 4.00. The number of benzene rings is 1. The van der Waals surface area contributed by atoms with E-state index in [4.69, 9.17) is 4.74 Å². The summed E-state index contributed by atoms with van der Waals surface area (Å²) in [6.45, 7) is 5.21. The van der Waals surface area contributed by atoms with Crippen molar-refractivity contribution in [2.24, 2.45) is 0 Å². The van der Waals surface area contributed by atoms with Crippen LogP contribution in [0.3, 0.4) is 0 Å². The average molecular weight is 388 g/mol. The standard InChI is InChI=1S/C20H28N4O4/c1-4-20(5-2)18(26)24(19(27)22-20)13-17(25)23-11-10-21-12-15(23)14-8-6-7-9-16(14)28-3/h6-9,15,21H,4-5,10-13H2,1-3H3,(H,22,27). The van der Waals surface area contributed by atoms with Gasteiger partial charge in [0.25, 0.3) is 5.91 Å². The summed E-state index contributed by atoms with van der Waals surface area (Å²) >= 11 is 0. The Morgan fingerprint density at radius 1 is 1.25 bits per heavy atom. The largest absolute Gasteiger partial charge is 0.496 e.